The molecule has 0 aliphatic heterocycles. The first-order valence-corrected chi connectivity index (χ1v) is 4.60. The van der Waals surface area contributed by atoms with Gasteiger partial charge in [0.05, 0.1) is 21.7 Å². The van der Waals surface area contributed by atoms with Crippen LogP contribution in [0.5, 0.6) is 5.75 Å². The van der Waals surface area contributed by atoms with E-state index < -0.39 is 13.0 Å². The fraction of sp³-hybridized carbons (Fsp3) is 0.222. The van der Waals surface area contributed by atoms with Gasteiger partial charge >= 0.3 is 0 Å². The first-order valence-electron chi connectivity index (χ1n) is 3.84. The zero-order chi connectivity index (χ0) is 11.4. The second-order valence-electron chi connectivity index (χ2n) is 2.58. The lowest BCUT2D eigenvalue weighted by atomic mass is 10.2. The number of ether oxygens (including phenoxy) is 1. The van der Waals surface area contributed by atoms with Gasteiger partial charge in [-0.2, -0.15) is 5.26 Å². The van der Waals surface area contributed by atoms with Gasteiger partial charge in [-0.05, 0) is 12.1 Å². The zero-order valence-electron chi connectivity index (χ0n) is 7.31. The Morgan fingerprint density at radius 1 is 1.33 bits per heavy atom. The Bertz CT molecular complexity index is 381. The van der Waals surface area contributed by atoms with E-state index in [0.29, 0.717) is 0 Å². The van der Waals surface area contributed by atoms with Crippen molar-refractivity contribution in [2.24, 2.45) is 0 Å². The Hall–Kier alpha value is -1.05. The molecule has 0 spiro atoms. The normalized spacial score (nSPS) is 10.1. The molecule has 0 fully saturated rings. The Kier molecular flexibility index (Phi) is 4.13. The average molecular weight is 252 g/mol. The van der Waals surface area contributed by atoms with Crippen molar-refractivity contribution in [3.8, 4) is 11.8 Å². The predicted octanol–water partition coefficient (Wildman–Crippen LogP) is 3.51. The van der Waals surface area contributed by atoms with Crippen LogP contribution in [0.1, 0.15) is 5.56 Å². The minimum absolute atomic E-state index is 0.0300. The Balaban J connectivity index is 2.94. The molecule has 2 nitrogen and oxygen atoms in total. The molecule has 1 rings (SSSR count). The van der Waals surface area contributed by atoms with E-state index in [4.69, 9.17) is 33.2 Å². The molecule has 0 unspecified atom stereocenters. The Morgan fingerprint density at radius 3 is 2.27 bits per heavy atom. The van der Waals surface area contributed by atoms with Crippen LogP contribution in [-0.2, 0) is 0 Å². The van der Waals surface area contributed by atoms with E-state index in [1.165, 1.54) is 12.1 Å². The molecular weight excluding hydrogens is 247 g/mol. The van der Waals surface area contributed by atoms with E-state index >= 15 is 0 Å². The number of hydrogen-bond acceptors (Lipinski definition) is 2. The molecule has 0 radical (unpaired) electrons. The van der Waals surface area contributed by atoms with Crippen LogP contribution in [-0.4, -0.2) is 13.0 Å². The van der Waals surface area contributed by atoms with E-state index in [2.05, 4.69) is 0 Å². The minimum Gasteiger partial charge on any atom is -0.484 e. The molecule has 0 bridgehead atoms. The molecule has 0 N–H and O–H groups in total. The maximum Gasteiger partial charge on any atom is 0.272 e. The number of alkyl halides is 2. The minimum atomic E-state index is -2.60. The zero-order valence-corrected chi connectivity index (χ0v) is 8.82. The highest BCUT2D eigenvalue weighted by molar-refractivity contribution is 6.37. The van der Waals surface area contributed by atoms with Crippen molar-refractivity contribution >= 4 is 23.2 Å². The van der Waals surface area contributed by atoms with Crippen LogP contribution in [0.4, 0.5) is 8.78 Å². The van der Waals surface area contributed by atoms with Crippen molar-refractivity contribution in [1.82, 2.24) is 0 Å². The fourth-order valence-electron chi connectivity index (χ4n) is 0.909. The molecule has 0 saturated heterocycles. The van der Waals surface area contributed by atoms with Crippen LogP contribution in [0.2, 0.25) is 10.0 Å². The van der Waals surface area contributed by atoms with Gasteiger partial charge in [0.2, 0.25) is 0 Å². The molecule has 6 heteroatoms. The summed E-state index contributed by atoms with van der Waals surface area (Å²) in [6, 6.07) is 4.43. The molecule has 0 saturated carbocycles. The van der Waals surface area contributed by atoms with E-state index in [9.17, 15) is 8.78 Å². The molecule has 0 heterocycles. The number of benzene rings is 1. The third kappa shape index (κ3) is 3.22. The van der Waals surface area contributed by atoms with Crippen LogP contribution in [0.15, 0.2) is 12.1 Å². The van der Waals surface area contributed by atoms with Gasteiger partial charge in [-0.1, -0.05) is 23.2 Å². The van der Waals surface area contributed by atoms with Gasteiger partial charge in [-0.15, -0.1) is 0 Å². The van der Waals surface area contributed by atoms with Crippen molar-refractivity contribution in [2.45, 2.75) is 6.43 Å². The SMILES string of the molecule is N#Cc1cc(Cl)c(OCC(F)F)c(Cl)c1. The van der Waals surface area contributed by atoms with E-state index in [0.717, 1.165) is 0 Å². The van der Waals surface area contributed by atoms with Gasteiger partial charge in [0.1, 0.15) is 6.61 Å². The summed E-state index contributed by atoms with van der Waals surface area (Å²) in [4.78, 5) is 0. The maximum absolute atomic E-state index is 11.9. The summed E-state index contributed by atoms with van der Waals surface area (Å²) in [5.41, 5.74) is 0.245. The molecular formula is C9H5Cl2F2NO. The van der Waals surface area contributed by atoms with Crippen LogP contribution in [0.25, 0.3) is 0 Å². The average Bonchev–Trinajstić information content (AvgIpc) is 2.15. The second-order valence-corrected chi connectivity index (χ2v) is 3.40. The molecule has 80 valence electrons. The van der Waals surface area contributed by atoms with Crippen molar-refractivity contribution in [3.05, 3.63) is 27.7 Å². The summed E-state index contributed by atoms with van der Waals surface area (Å²) in [5.74, 6) is -0.0300. The molecule has 0 aliphatic rings. The molecule has 0 aromatic heterocycles. The Labute approximate surface area is 95.0 Å². The highest BCUT2D eigenvalue weighted by Crippen LogP contribution is 2.34. The van der Waals surface area contributed by atoms with Gasteiger partial charge in [0.15, 0.2) is 5.75 Å². The first-order chi connectivity index (χ1) is 7.04. The van der Waals surface area contributed by atoms with E-state index in [1.807, 2.05) is 6.07 Å². The lowest BCUT2D eigenvalue weighted by Gasteiger charge is -2.09. The third-order valence-corrected chi connectivity index (χ3v) is 2.04. The standard InChI is InChI=1S/C9H5Cl2F2NO/c10-6-1-5(3-14)2-7(11)9(6)15-4-8(12)13/h1-2,8H,4H2. The van der Waals surface area contributed by atoms with Gasteiger partial charge in [-0.3, -0.25) is 0 Å². The fourth-order valence-corrected chi connectivity index (χ4v) is 1.50. The highest BCUT2D eigenvalue weighted by Gasteiger charge is 2.12. The lowest BCUT2D eigenvalue weighted by molar-refractivity contribution is 0.0820. The van der Waals surface area contributed by atoms with Crippen molar-refractivity contribution in [1.29, 1.82) is 5.26 Å². The monoisotopic (exact) mass is 251 g/mol. The van der Waals surface area contributed by atoms with E-state index in [-0.39, 0.29) is 21.4 Å². The third-order valence-electron chi connectivity index (χ3n) is 1.48. The van der Waals surface area contributed by atoms with Crippen molar-refractivity contribution in [3.63, 3.8) is 0 Å². The van der Waals surface area contributed by atoms with Gasteiger partial charge < -0.3 is 4.74 Å². The summed E-state index contributed by atoms with van der Waals surface area (Å²) in [6.07, 6.45) is -2.60. The lowest BCUT2D eigenvalue weighted by Crippen LogP contribution is -2.07. The molecule has 15 heavy (non-hydrogen) atoms. The predicted molar refractivity (Wildman–Crippen MR) is 52.7 cm³/mol. The number of hydrogen-bond donors (Lipinski definition) is 0. The number of nitriles is 1. The number of nitrogens with zero attached hydrogens (tertiary/aromatic N) is 1. The van der Waals surface area contributed by atoms with Crippen LogP contribution >= 0.6 is 23.2 Å². The quantitative estimate of drug-likeness (QED) is 0.824. The smallest absolute Gasteiger partial charge is 0.272 e. The number of rotatable bonds is 3. The second kappa shape index (κ2) is 5.15. The molecule has 1 aromatic carbocycles. The van der Waals surface area contributed by atoms with Gasteiger partial charge in [0, 0.05) is 0 Å². The van der Waals surface area contributed by atoms with Crippen molar-refractivity contribution in [2.75, 3.05) is 6.61 Å². The topological polar surface area (TPSA) is 33.0 Å². The van der Waals surface area contributed by atoms with Crippen LogP contribution in [0.3, 0.4) is 0 Å². The maximum atomic E-state index is 11.9. The molecule has 1 aromatic rings. The summed E-state index contributed by atoms with van der Waals surface area (Å²) in [5, 5.41) is 8.65. The van der Waals surface area contributed by atoms with Gasteiger partial charge in [0.25, 0.3) is 6.43 Å². The number of halogens is 4. The summed E-state index contributed by atoms with van der Waals surface area (Å²) in [7, 11) is 0. The molecule has 0 aliphatic carbocycles. The Morgan fingerprint density at radius 2 is 1.87 bits per heavy atom. The first kappa shape index (κ1) is 12.0. The highest BCUT2D eigenvalue weighted by atomic mass is 35.5. The van der Waals surface area contributed by atoms with Gasteiger partial charge in [-0.25, -0.2) is 8.78 Å². The summed E-state index contributed by atoms with van der Waals surface area (Å²) < 4.78 is 28.4. The van der Waals surface area contributed by atoms with Crippen LogP contribution in [0, 0.1) is 11.3 Å². The van der Waals surface area contributed by atoms with Crippen LogP contribution < -0.4 is 4.74 Å². The molecule has 0 amide bonds. The van der Waals surface area contributed by atoms with E-state index in [1.54, 1.807) is 0 Å². The summed E-state index contributed by atoms with van der Waals surface area (Å²) in [6.45, 7) is -0.786. The largest absolute Gasteiger partial charge is 0.484 e. The van der Waals surface area contributed by atoms with Crippen molar-refractivity contribution < 1.29 is 13.5 Å². The summed E-state index contributed by atoms with van der Waals surface area (Å²) >= 11 is 11.4. The molecule has 0 atom stereocenters.